The molecule has 2 aromatic heterocycles. The molecular formula is C19H25N3O2S. The van der Waals surface area contributed by atoms with Crippen molar-refractivity contribution >= 4 is 23.0 Å². The number of carbonyl (C=O) groups excluding carboxylic acids is 2. The maximum atomic E-state index is 12.2. The molecule has 134 valence electrons. The molecular weight excluding hydrogens is 334 g/mol. The van der Waals surface area contributed by atoms with Gasteiger partial charge in [0.25, 0.3) is 0 Å². The molecule has 0 bridgehead atoms. The highest BCUT2D eigenvalue weighted by molar-refractivity contribution is 7.10. The Morgan fingerprint density at radius 2 is 2.00 bits per heavy atom. The Morgan fingerprint density at radius 3 is 2.60 bits per heavy atom. The number of thiophene rings is 1. The number of hydrogen-bond acceptors (Lipinski definition) is 5. The number of carbonyl (C=O) groups is 2. The third-order valence-corrected chi connectivity index (χ3v) is 5.15. The highest BCUT2D eigenvalue weighted by Crippen LogP contribution is 2.24. The van der Waals surface area contributed by atoms with Crippen molar-refractivity contribution in [3.63, 3.8) is 0 Å². The summed E-state index contributed by atoms with van der Waals surface area (Å²) in [4.78, 5) is 31.7. The Morgan fingerprint density at radius 1 is 1.20 bits per heavy atom. The highest BCUT2D eigenvalue weighted by Gasteiger charge is 2.20. The zero-order chi connectivity index (χ0) is 18.1. The van der Waals surface area contributed by atoms with Gasteiger partial charge in [-0.05, 0) is 36.7 Å². The zero-order valence-corrected chi connectivity index (χ0v) is 15.6. The number of nitrogens with zero attached hydrogens (tertiary/aromatic N) is 2. The van der Waals surface area contributed by atoms with Crippen LogP contribution in [0.4, 0.5) is 0 Å². The number of amides is 1. The summed E-state index contributed by atoms with van der Waals surface area (Å²) in [6, 6.07) is 7.76. The minimum atomic E-state index is -0.0917. The van der Waals surface area contributed by atoms with E-state index in [2.05, 4.69) is 40.5 Å². The van der Waals surface area contributed by atoms with Crippen LogP contribution in [0.15, 0.2) is 42.0 Å². The standard InChI is InChI=1S/C19H25N3O2S/c1-3-22(4-2)16(18-8-6-12-25-18)14-21-19(24)10-9-17(23)15-7-5-11-20-13-15/h5-8,11-13,16H,3-4,9-10,14H2,1-2H3,(H,21,24). The Kier molecular flexibility index (Phi) is 7.76. The van der Waals surface area contributed by atoms with Crippen LogP contribution >= 0.6 is 11.3 Å². The minimum Gasteiger partial charge on any atom is -0.354 e. The second-order valence-electron chi connectivity index (χ2n) is 5.72. The van der Waals surface area contributed by atoms with Gasteiger partial charge in [0.1, 0.15) is 0 Å². The summed E-state index contributed by atoms with van der Waals surface area (Å²) in [6.07, 6.45) is 3.56. The molecule has 0 saturated carbocycles. The molecule has 25 heavy (non-hydrogen) atoms. The fourth-order valence-corrected chi connectivity index (χ4v) is 3.61. The van der Waals surface area contributed by atoms with Gasteiger partial charge < -0.3 is 5.32 Å². The van der Waals surface area contributed by atoms with Crippen LogP contribution in [-0.2, 0) is 4.79 Å². The summed E-state index contributed by atoms with van der Waals surface area (Å²) in [7, 11) is 0. The fraction of sp³-hybridized carbons (Fsp3) is 0.421. The molecule has 0 aliphatic carbocycles. The lowest BCUT2D eigenvalue weighted by atomic mass is 10.1. The van der Waals surface area contributed by atoms with Crippen LogP contribution < -0.4 is 5.32 Å². The van der Waals surface area contributed by atoms with Crippen molar-refractivity contribution in [3.05, 3.63) is 52.5 Å². The molecule has 2 aromatic rings. The van der Waals surface area contributed by atoms with Gasteiger partial charge in [0.05, 0.1) is 6.04 Å². The largest absolute Gasteiger partial charge is 0.354 e. The van der Waals surface area contributed by atoms with E-state index in [4.69, 9.17) is 0 Å². The van der Waals surface area contributed by atoms with Crippen LogP contribution in [0.3, 0.4) is 0 Å². The average Bonchev–Trinajstić information content (AvgIpc) is 3.18. The van der Waals surface area contributed by atoms with Gasteiger partial charge in [-0.3, -0.25) is 19.5 Å². The van der Waals surface area contributed by atoms with Crippen LogP contribution in [-0.4, -0.2) is 41.2 Å². The first-order chi connectivity index (χ1) is 12.2. The lowest BCUT2D eigenvalue weighted by molar-refractivity contribution is -0.121. The van der Waals surface area contributed by atoms with Crippen molar-refractivity contribution in [3.8, 4) is 0 Å². The van der Waals surface area contributed by atoms with E-state index >= 15 is 0 Å². The number of aromatic nitrogens is 1. The summed E-state index contributed by atoms with van der Waals surface area (Å²) in [5.41, 5.74) is 0.551. The number of rotatable bonds is 10. The van der Waals surface area contributed by atoms with Crippen LogP contribution in [0.1, 0.15) is 48.0 Å². The molecule has 5 nitrogen and oxygen atoms in total. The number of likely N-dealkylation sites (N-methyl/N-ethyl adjacent to an activating group) is 1. The first-order valence-electron chi connectivity index (χ1n) is 8.63. The summed E-state index contributed by atoms with van der Waals surface area (Å²) in [5, 5.41) is 5.04. The van der Waals surface area contributed by atoms with Gasteiger partial charge in [0, 0.05) is 42.2 Å². The van der Waals surface area contributed by atoms with Crippen LogP contribution in [0.25, 0.3) is 0 Å². The van der Waals surface area contributed by atoms with Gasteiger partial charge in [-0.25, -0.2) is 0 Å². The summed E-state index contributed by atoms with van der Waals surface area (Å²) >= 11 is 1.70. The second-order valence-corrected chi connectivity index (χ2v) is 6.70. The van der Waals surface area contributed by atoms with Crippen LogP contribution in [0.2, 0.25) is 0 Å². The number of nitrogens with one attached hydrogen (secondary N) is 1. The molecule has 1 N–H and O–H groups in total. The molecule has 0 saturated heterocycles. The van der Waals surface area contributed by atoms with Crippen molar-refractivity contribution in [1.82, 2.24) is 15.2 Å². The maximum Gasteiger partial charge on any atom is 0.220 e. The van der Waals surface area contributed by atoms with Crippen LogP contribution in [0, 0.1) is 0 Å². The third kappa shape index (κ3) is 5.76. The molecule has 0 aliphatic heterocycles. The van der Waals surface area contributed by atoms with Crippen molar-refractivity contribution in [1.29, 1.82) is 0 Å². The van der Waals surface area contributed by atoms with E-state index in [1.165, 1.54) is 11.1 Å². The van der Waals surface area contributed by atoms with Gasteiger partial charge in [-0.15, -0.1) is 11.3 Å². The molecule has 1 amide bonds. The molecule has 0 aromatic carbocycles. The quantitative estimate of drug-likeness (QED) is 0.661. The third-order valence-electron chi connectivity index (χ3n) is 4.18. The molecule has 1 atom stereocenters. The molecule has 0 fully saturated rings. The summed E-state index contributed by atoms with van der Waals surface area (Å²) in [5.74, 6) is -0.146. The van der Waals surface area contributed by atoms with Crippen molar-refractivity contribution in [2.45, 2.75) is 32.7 Å². The molecule has 0 spiro atoms. The maximum absolute atomic E-state index is 12.2. The van der Waals surface area contributed by atoms with Crippen molar-refractivity contribution < 1.29 is 9.59 Å². The Hall–Kier alpha value is -2.05. The van der Waals surface area contributed by atoms with Gasteiger partial charge >= 0.3 is 0 Å². The van der Waals surface area contributed by atoms with E-state index in [0.29, 0.717) is 12.1 Å². The topological polar surface area (TPSA) is 62.3 Å². The number of ketones is 1. The fourth-order valence-electron chi connectivity index (χ4n) is 2.75. The van der Waals surface area contributed by atoms with Gasteiger partial charge in [-0.1, -0.05) is 19.9 Å². The molecule has 2 rings (SSSR count). The van der Waals surface area contributed by atoms with E-state index in [1.807, 2.05) is 6.07 Å². The van der Waals surface area contributed by atoms with Crippen LogP contribution in [0.5, 0.6) is 0 Å². The zero-order valence-electron chi connectivity index (χ0n) is 14.8. The lowest BCUT2D eigenvalue weighted by Gasteiger charge is -2.29. The van der Waals surface area contributed by atoms with Crippen molar-refractivity contribution in [2.75, 3.05) is 19.6 Å². The molecule has 0 radical (unpaired) electrons. The summed E-state index contributed by atoms with van der Waals surface area (Å²) in [6.45, 7) is 6.65. The first kappa shape index (κ1) is 19.3. The number of hydrogen-bond donors (Lipinski definition) is 1. The molecule has 2 heterocycles. The Labute approximate surface area is 153 Å². The first-order valence-corrected chi connectivity index (χ1v) is 9.51. The SMILES string of the molecule is CCN(CC)C(CNC(=O)CCC(=O)c1cccnc1)c1cccs1. The van der Waals surface area contributed by atoms with E-state index in [1.54, 1.807) is 29.7 Å². The van der Waals surface area contributed by atoms with E-state index in [9.17, 15) is 9.59 Å². The molecule has 1 unspecified atom stereocenters. The minimum absolute atomic E-state index is 0.0539. The molecule has 6 heteroatoms. The average molecular weight is 359 g/mol. The Bertz CT molecular complexity index is 655. The highest BCUT2D eigenvalue weighted by atomic mass is 32.1. The monoisotopic (exact) mass is 359 g/mol. The van der Waals surface area contributed by atoms with Gasteiger partial charge in [0.2, 0.25) is 5.91 Å². The van der Waals surface area contributed by atoms with Crippen molar-refractivity contribution in [2.24, 2.45) is 0 Å². The smallest absolute Gasteiger partial charge is 0.220 e. The van der Waals surface area contributed by atoms with Gasteiger partial charge in [-0.2, -0.15) is 0 Å². The lowest BCUT2D eigenvalue weighted by Crippen LogP contribution is -2.37. The normalized spacial score (nSPS) is 12.1. The van der Waals surface area contributed by atoms with E-state index < -0.39 is 0 Å². The predicted molar refractivity (Wildman–Crippen MR) is 101 cm³/mol. The van der Waals surface area contributed by atoms with E-state index in [0.717, 1.165) is 13.1 Å². The predicted octanol–water partition coefficient (Wildman–Crippen LogP) is 3.31. The number of Topliss-reactive ketones (excluding diaryl/α,β-unsaturated/α-hetero) is 1. The van der Waals surface area contributed by atoms with Gasteiger partial charge in [0.15, 0.2) is 5.78 Å². The second kappa shape index (κ2) is 10.1. The molecule has 0 aliphatic rings. The number of pyridine rings is 1. The van der Waals surface area contributed by atoms with E-state index in [-0.39, 0.29) is 30.6 Å². The summed E-state index contributed by atoms with van der Waals surface area (Å²) < 4.78 is 0. The Balaban J connectivity index is 1.85.